The van der Waals surface area contributed by atoms with Crippen LogP contribution in [0.15, 0.2) is 36.7 Å². The summed E-state index contributed by atoms with van der Waals surface area (Å²) in [4.78, 5) is 48.1. The van der Waals surface area contributed by atoms with Gasteiger partial charge in [0, 0.05) is 35.8 Å². The van der Waals surface area contributed by atoms with Crippen molar-refractivity contribution in [1.29, 1.82) is 0 Å². The summed E-state index contributed by atoms with van der Waals surface area (Å²) in [5.74, 6) is 4.60. The van der Waals surface area contributed by atoms with E-state index in [-0.39, 0.29) is 42.6 Å². The van der Waals surface area contributed by atoms with Gasteiger partial charge in [-0.3, -0.25) is 19.1 Å². The first kappa shape index (κ1) is 27.2. The summed E-state index contributed by atoms with van der Waals surface area (Å²) in [6.07, 6.45) is 5.65. The van der Waals surface area contributed by atoms with E-state index < -0.39 is 24.0 Å². The fraction of sp³-hybridized carbons (Fsp3) is 0.448. The van der Waals surface area contributed by atoms with Gasteiger partial charge in [0.1, 0.15) is 18.8 Å². The summed E-state index contributed by atoms with van der Waals surface area (Å²) in [6, 6.07) is 5.87. The van der Waals surface area contributed by atoms with Crippen LogP contribution in [0.5, 0.6) is 0 Å². The highest BCUT2D eigenvalue weighted by Gasteiger charge is 2.41. The van der Waals surface area contributed by atoms with Gasteiger partial charge in [0.15, 0.2) is 5.69 Å². The van der Waals surface area contributed by atoms with Crippen molar-refractivity contribution in [3.8, 4) is 11.8 Å². The molecule has 5 rings (SSSR count). The minimum Gasteiger partial charge on any atom is -0.364 e. The topological polar surface area (TPSA) is 136 Å². The van der Waals surface area contributed by atoms with E-state index in [1.165, 1.54) is 9.58 Å². The quantitative estimate of drug-likeness (QED) is 0.473. The predicted octanol–water partition coefficient (Wildman–Crippen LogP) is 2.35. The van der Waals surface area contributed by atoms with Gasteiger partial charge < -0.3 is 16.0 Å². The molecule has 3 aromatic rings. The zero-order valence-corrected chi connectivity index (χ0v) is 22.6. The monoisotopic (exact) mass is 545 g/mol. The number of hydrogen-bond donors (Lipinski definition) is 2. The number of carbonyl (C=O) groups excluding carboxylic acids is 3. The number of carbonyl (C=O) groups is 3. The van der Waals surface area contributed by atoms with Crippen LogP contribution in [-0.2, 0) is 16.1 Å². The van der Waals surface area contributed by atoms with Crippen LogP contribution >= 0.6 is 0 Å². The van der Waals surface area contributed by atoms with E-state index in [0.29, 0.717) is 22.3 Å². The first-order valence-electron chi connectivity index (χ1n) is 13.4. The molecule has 0 spiro atoms. The van der Waals surface area contributed by atoms with E-state index >= 15 is 0 Å². The van der Waals surface area contributed by atoms with Crippen LogP contribution < -0.4 is 11.1 Å². The van der Waals surface area contributed by atoms with Crippen molar-refractivity contribution in [1.82, 2.24) is 30.0 Å². The Kier molecular flexibility index (Phi) is 7.52. The highest BCUT2D eigenvalue weighted by molar-refractivity contribution is 6.04. The number of benzene rings is 1. The molecule has 11 heteroatoms. The second-order valence-corrected chi connectivity index (χ2v) is 11.3. The van der Waals surface area contributed by atoms with Gasteiger partial charge in [-0.25, -0.2) is 14.4 Å². The smallest absolute Gasteiger partial charge is 0.269 e. The van der Waals surface area contributed by atoms with E-state index in [1.54, 1.807) is 36.7 Å². The lowest BCUT2D eigenvalue weighted by Crippen LogP contribution is -2.50. The maximum atomic E-state index is 14.5. The van der Waals surface area contributed by atoms with E-state index in [1.807, 2.05) is 0 Å². The molecular weight excluding hydrogens is 513 g/mol. The van der Waals surface area contributed by atoms with Crippen molar-refractivity contribution in [2.75, 3.05) is 6.54 Å². The van der Waals surface area contributed by atoms with Gasteiger partial charge in [0.2, 0.25) is 17.6 Å². The molecule has 40 heavy (non-hydrogen) atoms. The van der Waals surface area contributed by atoms with Crippen molar-refractivity contribution in [3.05, 3.63) is 53.7 Å². The molecule has 0 radical (unpaired) electrons. The predicted molar refractivity (Wildman–Crippen MR) is 145 cm³/mol. The third kappa shape index (κ3) is 5.96. The van der Waals surface area contributed by atoms with Gasteiger partial charge in [-0.1, -0.05) is 26.2 Å². The van der Waals surface area contributed by atoms with E-state index in [4.69, 9.17) is 5.73 Å². The summed E-state index contributed by atoms with van der Waals surface area (Å²) in [5.41, 5.74) is 6.77. The number of nitrogens with two attached hydrogens (primary N) is 1. The van der Waals surface area contributed by atoms with Crippen LogP contribution in [0, 0.1) is 17.3 Å². The number of aromatic nitrogens is 4. The molecule has 208 valence electrons. The summed E-state index contributed by atoms with van der Waals surface area (Å²) < 4.78 is 15.9. The molecule has 0 bridgehead atoms. The number of alkyl halides is 1. The zero-order valence-electron chi connectivity index (χ0n) is 22.6. The molecule has 3 atom stereocenters. The molecule has 3 heterocycles. The lowest BCUT2D eigenvalue weighted by atomic mass is 9.75. The maximum absolute atomic E-state index is 14.5. The average Bonchev–Trinajstić information content (AvgIpc) is 3.48. The number of likely N-dealkylation sites (tertiary alicyclic amines) is 1. The standard InChI is InChI=1S/C29H32FN7O3/c1-29(2)10-3-5-20(15-29)34-28(40)23-14-19(30)16-36(23)25(38)17-37-22-8-6-18(7-9-24-32-11-4-12-33-24)13-21(22)26(35-37)27(31)39/h4,6,8,11-13,19-20,23H,3,5,10,14-17H2,1-2H3,(H2,31,39)(H,34,40)/t19-,20?,23+/m1/s1. The number of amides is 3. The Balaban J connectivity index is 1.35. The lowest BCUT2D eigenvalue weighted by Gasteiger charge is -2.36. The molecule has 10 nitrogen and oxygen atoms in total. The Morgan fingerprint density at radius 3 is 2.70 bits per heavy atom. The van der Waals surface area contributed by atoms with E-state index in [0.717, 1.165) is 25.7 Å². The molecule has 2 aromatic heterocycles. The minimum absolute atomic E-state index is 0.00537. The summed E-state index contributed by atoms with van der Waals surface area (Å²) in [7, 11) is 0. The molecule has 1 aliphatic carbocycles. The van der Waals surface area contributed by atoms with Crippen molar-refractivity contribution in [2.45, 2.75) is 70.8 Å². The number of fused-ring (bicyclic) bond motifs is 1. The molecule has 2 fully saturated rings. The van der Waals surface area contributed by atoms with Crippen LogP contribution in [0.25, 0.3) is 10.9 Å². The van der Waals surface area contributed by atoms with Crippen molar-refractivity contribution >= 4 is 28.6 Å². The summed E-state index contributed by atoms with van der Waals surface area (Å²) in [5, 5.41) is 7.78. The highest BCUT2D eigenvalue weighted by atomic mass is 19.1. The van der Waals surface area contributed by atoms with Gasteiger partial charge in [-0.15, -0.1) is 0 Å². The van der Waals surface area contributed by atoms with Crippen molar-refractivity contribution in [2.24, 2.45) is 11.1 Å². The molecule has 3 amide bonds. The van der Waals surface area contributed by atoms with Gasteiger partial charge in [-0.2, -0.15) is 5.10 Å². The van der Waals surface area contributed by atoms with Crippen LogP contribution in [0.2, 0.25) is 0 Å². The first-order valence-corrected chi connectivity index (χ1v) is 13.4. The number of nitrogens with one attached hydrogen (secondary N) is 1. The Bertz CT molecular complexity index is 1510. The average molecular weight is 546 g/mol. The first-order chi connectivity index (χ1) is 19.1. The van der Waals surface area contributed by atoms with Crippen molar-refractivity contribution < 1.29 is 18.8 Å². The van der Waals surface area contributed by atoms with Crippen LogP contribution in [0.1, 0.15) is 67.8 Å². The summed E-state index contributed by atoms with van der Waals surface area (Å²) >= 11 is 0. The Morgan fingerprint density at radius 1 is 1.20 bits per heavy atom. The molecule has 2 aliphatic rings. The van der Waals surface area contributed by atoms with E-state index in [9.17, 15) is 18.8 Å². The highest BCUT2D eigenvalue weighted by Crippen LogP contribution is 2.35. The Hall–Kier alpha value is -4.33. The number of rotatable bonds is 5. The van der Waals surface area contributed by atoms with Gasteiger partial charge in [0.05, 0.1) is 12.1 Å². The number of halogens is 1. The largest absolute Gasteiger partial charge is 0.364 e. The molecule has 1 saturated carbocycles. The van der Waals surface area contributed by atoms with Gasteiger partial charge >= 0.3 is 0 Å². The molecule has 1 unspecified atom stereocenters. The van der Waals surface area contributed by atoms with Gasteiger partial charge in [-0.05, 0) is 54.9 Å². The second-order valence-electron chi connectivity index (χ2n) is 11.3. The SMILES string of the molecule is CC1(C)CCCC(NC(=O)[C@@H]2C[C@@H](F)CN2C(=O)Cn2nc(C(N)=O)c3cc(C#Cc4ncccn4)ccc32)C1. The normalized spacial score (nSPS) is 22.0. The maximum Gasteiger partial charge on any atom is 0.269 e. The molecule has 3 N–H and O–H groups in total. The summed E-state index contributed by atoms with van der Waals surface area (Å²) in [6.45, 7) is 3.91. The zero-order chi connectivity index (χ0) is 28.4. The Morgan fingerprint density at radius 2 is 1.98 bits per heavy atom. The number of nitrogens with zero attached hydrogens (tertiary/aromatic N) is 5. The minimum atomic E-state index is -1.30. The molecule has 1 aromatic carbocycles. The van der Waals surface area contributed by atoms with Crippen LogP contribution in [-0.4, -0.2) is 67.2 Å². The fourth-order valence-electron chi connectivity index (χ4n) is 5.70. The molecular formula is C29H32FN7O3. The Labute approximate surface area is 231 Å². The van der Waals surface area contributed by atoms with Gasteiger partial charge in [0.25, 0.3) is 5.91 Å². The lowest BCUT2D eigenvalue weighted by molar-refractivity contribution is -0.139. The number of primary amides is 1. The van der Waals surface area contributed by atoms with Crippen molar-refractivity contribution in [3.63, 3.8) is 0 Å². The van der Waals surface area contributed by atoms with E-state index in [2.05, 4.69) is 46.1 Å². The molecule has 1 saturated heterocycles. The fourth-order valence-corrected chi connectivity index (χ4v) is 5.70. The second kappa shape index (κ2) is 11.0. The third-order valence-electron chi connectivity index (χ3n) is 7.58. The van der Waals surface area contributed by atoms with Crippen LogP contribution in [0.4, 0.5) is 4.39 Å². The number of hydrogen-bond acceptors (Lipinski definition) is 6. The molecule has 1 aliphatic heterocycles. The third-order valence-corrected chi connectivity index (χ3v) is 7.58. The van der Waals surface area contributed by atoms with Crippen LogP contribution in [0.3, 0.4) is 0 Å².